The first kappa shape index (κ1) is 16.3. The van der Waals surface area contributed by atoms with Crippen LogP contribution in [0.1, 0.15) is 39.6 Å². The lowest BCUT2D eigenvalue weighted by atomic mass is 10.1. The molecule has 22 heavy (non-hydrogen) atoms. The predicted octanol–water partition coefficient (Wildman–Crippen LogP) is 2.92. The zero-order valence-electron chi connectivity index (χ0n) is 13.6. The lowest BCUT2D eigenvalue weighted by molar-refractivity contribution is 0.288. The van der Waals surface area contributed by atoms with Crippen molar-refractivity contribution in [3.63, 3.8) is 0 Å². The first-order chi connectivity index (χ1) is 10.6. The zero-order valence-corrected chi connectivity index (χ0v) is 13.6. The van der Waals surface area contributed by atoms with Crippen molar-refractivity contribution in [1.82, 2.24) is 15.2 Å². The van der Waals surface area contributed by atoms with Gasteiger partial charge in [-0.25, -0.2) is 4.98 Å². The van der Waals surface area contributed by atoms with Gasteiger partial charge in [0, 0.05) is 5.56 Å². The molecule has 1 atom stereocenters. The fraction of sp³-hybridized carbons (Fsp3) is 0.500. The Hall–Kier alpha value is -2.08. The summed E-state index contributed by atoms with van der Waals surface area (Å²) in [7, 11) is 0. The van der Waals surface area contributed by atoms with E-state index in [1.54, 1.807) is 0 Å². The van der Waals surface area contributed by atoms with Crippen molar-refractivity contribution in [2.45, 2.75) is 33.7 Å². The second kappa shape index (κ2) is 7.26. The number of rotatable bonds is 7. The number of nitrogens with one attached hydrogen (secondary N) is 1. The standard InChI is InChI=1S/C16H24N4O2/c1-5-21-12-8-7-11(9-13(12)22-6-2)15-18-16(20-19-15)14(17)10(3)4/h7-10,14H,5-6,17H2,1-4H3,(H,18,19,20)/t14-/m0/s1. The molecule has 120 valence electrons. The van der Waals surface area contributed by atoms with E-state index in [9.17, 15) is 0 Å². The number of nitrogens with zero attached hydrogens (tertiary/aromatic N) is 2. The second-order valence-electron chi connectivity index (χ2n) is 5.34. The van der Waals surface area contributed by atoms with Crippen LogP contribution in [0.4, 0.5) is 0 Å². The lowest BCUT2D eigenvalue weighted by Crippen LogP contribution is -2.18. The minimum atomic E-state index is -0.157. The van der Waals surface area contributed by atoms with Gasteiger partial charge in [-0.15, -0.1) is 0 Å². The molecule has 1 aromatic carbocycles. The average Bonchev–Trinajstić information content (AvgIpc) is 2.98. The van der Waals surface area contributed by atoms with Crippen molar-refractivity contribution in [3.05, 3.63) is 24.0 Å². The quantitative estimate of drug-likeness (QED) is 0.821. The normalized spacial score (nSPS) is 12.5. The van der Waals surface area contributed by atoms with Gasteiger partial charge in [0.15, 0.2) is 17.3 Å². The van der Waals surface area contributed by atoms with Crippen molar-refractivity contribution in [3.8, 4) is 22.9 Å². The summed E-state index contributed by atoms with van der Waals surface area (Å²) in [6, 6.07) is 5.53. The Balaban J connectivity index is 2.30. The van der Waals surface area contributed by atoms with E-state index in [1.807, 2.05) is 32.0 Å². The molecule has 0 unspecified atom stereocenters. The summed E-state index contributed by atoms with van der Waals surface area (Å²) >= 11 is 0. The van der Waals surface area contributed by atoms with Gasteiger partial charge in [0.2, 0.25) is 0 Å². The highest BCUT2D eigenvalue weighted by atomic mass is 16.5. The summed E-state index contributed by atoms with van der Waals surface area (Å²) in [4.78, 5) is 4.49. The fourth-order valence-corrected chi connectivity index (χ4v) is 2.06. The van der Waals surface area contributed by atoms with Gasteiger partial charge in [0.25, 0.3) is 0 Å². The van der Waals surface area contributed by atoms with Crippen molar-refractivity contribution in [2.75, 3.05) is 13.2 Å². The molecule has 0 saturated carbocycles. The Labute approximate surface area is 131 Å². The van der Waals surface area contributed by atoms with Crippen LogP contribution >= 0.6 is 0 Å². The molecule has 0 bridgehead atoms. The number of hydrogen-bond donors (Lipinski definition) is 2. The molecule has 0 aliphatic rings. The third-order valence-corrected chi connectivity index (χ3v) is 3.34. The molecule has 0 aliphatic carbocycles. The highest BCUT2D eigenvalue weighted by Gasteiger charge is 2.17. The van der Waals surface area contributed by atoms with Gasteiger partial charge < -0.3 is 15.2 Å². The van der Waals surface area contributed by atoms with Crippen molar-refractivity contribution >= 4 is 0 Å². The SMILES string of the molecule is CCOc1ccc(-c2n[nH]c([C@@H](N)C(C)C)n2)cc1OCC. The first-order valence-electron chi connectivity index (χ1n) is 7.64. The summed E-state index contributed by atoms with van der Waals surface area (Å²) in [6.07, 6.45) is 0. The first-order valence-corrected chi connectivity index (χ1v) is 7.64. The molecular formula is C16H24N4O2. The fourth-order valence-electron chi connectivity index (χ4n) is 2.06. The number of H-pyrrole nitrogens is 1. The molecule has 0 radical (unpaired) electrons. The monoisotopic (exact) mass is 304 g/mol. The van der Waals surface area contributed by atoms with Gasteiger partial charge in [-0.3, -0.25) is 5.10 Å². The van der Waals surface area contributed by atoms with Crippen molar-refractivity contribution in [1.29, 1.82) is 0 Å². The van der Waals surface area contributed by atoms with Crippen LogP contribution in [0.3, 0.4) is 0 Å². The predicted molar refractivity (Wildman–Crippen MR) is 85.9 cm³/mol. The molecule has 6 heteroatoms. The van der Waals surface area contributed by atoms with Crippen LogP contribution in [0.5, 0.6) is 11.5 Å². The number of ether oxygens (including phenoxy) is 2. The van der Waals surface area contributed by atoms with E-state index in [2.05, 4.69) is 29.0 Å². The van der Waals surface area contributed by atoms with Crippen LogP contribution in [0.25, 0.3) is 11.4 Å². The van der Waals surface area contributed by atoms with E-state index in [1.165, 1.54) is 0 Å². The highest BCUT2D eigenvalue weighted by molar-refractivity contribution is 5.61. The minimum Gasteiger partial charge on any atom is -0.490 e. The number of aromatic nitrogens is 3. The third kappa shape index (κ3) is 3.57. The summed E-state index contributed by atoms with van der Waals surface area (Å²) in [5.41, 5.74) is 6.96. The number of hydrogen-bond acceptors (Lipinski definition) is 5. The molecule has 2 aromatic rings. The molecule has 0 spiro atoms. The van der Waals surface area contributed by atoms with Crippen LogP contribution in [-0.4, -0.2) is 28.4 Å². The molecule has 2 rings (SSSR count). The van der Waals surface area contributed by atoms with E-state index in [-0.39, 0.29) is 6.04 Å². The van der Waals surface area contributed by atoms with Crippen LogP contribution in [0.2, 0.25) is 0 Å². The Morgan fingerprint density at radius 1 is 1.14 bits per heavy atom. The van der Waals surface area contributed by atoms with E-state index >= 15 is 0 Å². The van der Waals surface area contributed by atoms with Gasteiger partial charge in [-0.05, 0) is 38.0 Å². The Bertz CT molecular complexity index is 610. The molecule has 0 amide bonds. The Morgan fingerprint density at radius 3 is 2.45 bits per heavy atom. The number of benzene rings is 1. The van der Waals surface area contributed by atoms with E-state index in [0.29, 0.717) is 36.5 Å². The summed E-state index contributed by atoms with van der Waals surface area (Å²) in [5, 5.41) is 7.17. The largest absolute Gasteiger partial charge is 0.490 e. The molecule has 6 nitrogen and oxygen atoms in total. The molecular weight excluding hydrogens is 280 g/mol. The van der Waals surface area contributed by atoms with Crippen LogP contribution < -0.4 is 15.2 Å². The van der Waals surface area contributed by atoms with Crippen LogP contribution in [0, 0.1) is 5.92 Å². The maximum absolute atomic E-state index is 6.09. The Morgan fingerprint density at radius 2 is 1.82 bits per heavy atom. The van der Waals surface area contributed by atoms with Gasteiger partial charge in [0.1, 0.15) is 5.82 Å². The van der Waals surface area contributed by atoms with Gasteiger partial charge >= 0.3 is 0 Å². The topological polar surface area (TPSA) is 86.0 Å². The van der Waals surface area contributed by atoms with E-state index < -0.39 is 0 Å². The molecule has 0 fully saturated rings. The maximum atomic E-state index is 6.09. The maximum Gasteiger partial charge on any atom is 0.181 e. The summed E-state index contributed by atoms with van der Waals surface area (Å²) in [5.74, 6) is 3.01. The second-order valence-corrected chi connectivity index (χ2v) is 5.34. The lowest BCUT2D eigenvalue weighted by Gasteiger charge is -2.12. The minimum absolute atomic E-state index is 0.157. The van der Waals surface area contributed by atoms with E-state index in [4.69, 9.17) is 15.2 Å². The number of nitrogens with two attached hydrogens (primary N) is 1. The van der Waals surface area contributed by atoms with Crippen molar-refractivity contribution in [2.24, 2.45) is 11.7 Å². The molecule has 1 heterocycles. The molecule has 3 N–H and O–H groups in total. The summed E-state index contributed by atoms with van der Waals surface area (Å²) < 4.78 is 11.2. The van der Waals surface area contributed by atoms with Crippen molar-refractivity contribution < 1.29 is 9.47 Å². The Kier molecular flexibility index (Phi) is 5.38. The summed E-state index contributed by atoms with van der Waals surface area (Å²) in [6.45, 7) is 9.15. The van der Waals surface area contributed by atoms with Crippen LogP contribution in [-0.2, 0) is 0 Å². The molecule has 1 aromatic heterocycles. The number of aromatic amines is 1. The zero-order chi connectivity index (χ0) is 16.1. The van der Waals surface area contributed by atoms with Gasteiger partial charge in [0.05, 0.1) is 19.3 Å². The molecule has 0 aliphatic heterocycles. The molecule has 0 saturated heterocycles. The van der Waals surface area contributed by atoms with E-state index in [0.717, 1.165) is 11.3 Å². The smallest absolute Gasteiger partial charge is 0.181 e. The highest BCUT2D eigenvalue weighted by Crippen LogP contribution is 2.32. The van der Waals surface area contributed by atoms with Gasteiger partial charge in [-0.1, -0.05) is 13.8 Å². The van der Waals surface area contributed by atoms with Gasteiger partial charge in [-0.2, -0.15) is 5.10 Å². The third-order valence-electron chi connectivity index (χ3n) is 3.34. The average molecular weight is 304 g/mol. The van der Waals surface area contributed by atoms with Crippen LogP contribution in [0.15, 0.2) is 18.2 Å².